The highest BCUT2D eigenvalue weighted by Crippen LogP contribution is 2.25. The van der Waals surface area contributed by atoms with Crippen LogP contribution in [0.1, 0.15) is 30.9 Å². The molecule has 1 fully saturated rings. The van der Waals surface area contributed by atoms with Gasteiger partial charge in [-0.05, 0) is 48.4 Å². The third-order valence-electron chi connectivity index (χ3n) is 2.52. The summed E-state index contributed by atoms with van der Waals surface area (Å²) in [7, 11) is 0. The smallest absolute Gasteiger partial charge is 0.124 e. The molecule has 0 radical (unpaired) electrons. The molecule has 14 heavy (non-hydrogen) atoms. The molecule has 1 aliphatic rings. The number of nitrogens with zero attached hydrogens (tertiary/aromatic N) is 1. The number of aromatic amines is 1. The minimum atomic E-state index is 0. The van der Waals surface area contributed by atoms with Crippen molar-refractivity contribution in [1.29, 1.82) is 0 Å². The maximum atomic E-state index is 4.50. The molecule has 1 aliphatic heterocycles. The van der Waals surface area contributed by atoms with Crippen molar-refractivity contribution >= 4 is 35.0 Å². The van der Waals surface area contributed by atoms with Crippen molar-refractivity contribution in [1.82, 2.24) is 15.3 Å². The molecule has 2 N–H and O–H groups in total. The molecule has 0 unspecified atom stereocenters. The van der Waals surface area contributed by atoms with Crippen LogP contribution < -0.4 is 5.32 Å². The highest BCUT2D eigenvalue weighted by Gasteiger charge is 2.24. The summed E-state index contributed by atoms with van der Waals surface area (Å²) >= 11 is 2.29. The molecule has 1 aromatic rings. The fourth-order valence-corrected chi connectivity index (χ4v) is 2.14. The first-order valence-corrected chi connectivity index (χ1v) is 5.70. The summed E-state index contributed by atoms with van der Waals surface area (Å²) < 4.78 is 1.16. The molecule has 0 bridgehead atoms. The highest BCUT2D eigenvalue weighted by atomic mass is 127. The summed E-state index contributed by atoms with van der Waals surface area (Å²) in [6.07, 6.45) is 1.20. The van der Waals surface area contributed by atoms with Crippen LogP contribution >= 0.6 is 35.0 Å². The molecule has 0 saturated carbocycles. The van der Waals surface area contributed by atoms with Gasteiger partial charge in [0, 0.05) is 0 Å². The summed E-state index contributed by atoms with van der Waals surface area (Å²) in [5, 5.41) is 3.47. The highest BCUT2D eigenvalue weighted by molar-refractivity contribution is 14.1. The second kappa shape index (κ2) is 4.81. The topological polar surface area (TPSA) is 40.7 Å². The lowest BCUT2D eigenvalue weighted by Gasteiger charge is -2.05. The Bertz CT molecular complexity index is 294. The lowest BCUT2D eigenvalue weighted by molar-refractivity contribution is 0.587. The van der Waals surface area contributed by atoms with E-state index in [9.17, 15) is 0 Å². The minimum absolute atomic E-state index is 0. The molecule has 2 atom stereocenters. The number of hydrogen-bond donors (Lipinski definition) is 2. The number of hydrogen-bond acceptors (Lipinski definition) is 2. The second-order valence-corrected chi connectivity index (χ2v) is 4.90. The van der Waals surface area contributed by atoms with Crippen LogP contribution in [0.3, 0.4) is 0 Å². The van der Waals surface area contributed by atoms with E-state index in [0.29, 0.717) is 6.04 Å². The van der Waals surface area contributed by atoms with Crippen LogP contribution in [0.5, 0.6) is 0 Å². The molecule has 2 heterocycles. The van der Waals surface area contributed by atoms with Gasteiger partial charge >= 0.3 is 0 Å². The largest absolute Gasteiger partial charge is 0.336 e. The van der Waals surface area contributed by atoms with Crippen molar-refractivity contribution in [2.75, 3.05) is 6.54 Å². The molecule has 80 valence electrons. The molecule has 0 aliphatic carbocycles. The summed E-state index contributed by atoms with van der Waals surface area (Å²) in [4.78, 5) is 7.82. The van der Waals surface area contributed by atoms with Gasteiger partial charge in [0.25, 0.3) is 0 Å². The number of nitrogens with one attached hydrogen (secondary N) is 2. The standard InChI is InChI=1S/C9H14IN3.ClH/c1-5-3-7(11-4-5)9-12-6(2)8(10)13-9;/h5,7,11H,3-4H2,1-2H3,(H,12,13);1H/t5-,7-;/m0./s1. The quantitative estimate of drug-likeness (QED) is 0.778. The summed E-state index contributed by atoms with van der Waals surface area (Å²) in [5.41, 5.74) is 1.11. The second-order valence-electron chi connectivity index (χ2n) is 3.82. The molecular formula is C9H15ClIN3. The van der Waals surface area contributed by atoms with Gasteiger partial charge in [0.15, 0.2) is 0 Å². The summed E-state index contributed by atoms with van der Waals surface area (Å²) in [6, 6.07) is 0.442. The molecule has 2 rings (SSSR count). The molecule has 0 spiro atoms. The first kappa shape index (κ1) is 12.3. The predicted molar refractivity (Wildman–Crippen MR) is 67.8 cm³/mol. The van der Waals surface area contributed by atoms with Crippen LogP contribution in [-0.2, 0) is 0 Å². The average molecular weight is 328 g/mol. The van der Waals surface area contributed by atoms with E-state index in [4.69, 9.17) is 0 Å². The lowest BCUT2D eigenvalue weighted by Crippen LogP contribution is -2.14. The maximum absolute atomic E-state index is 4.50. The van der Waals surface area contributed by atoms with Gasteiger partial charge in [0.1, 0.15) is 9.53 Å². The Balaban J connectivity index is 0.000000980. The zero-order valence-corrected chi connectivity index (χ0v) is 11.3. The molecule has 5 heteroatoms. The zero-order chi connectivity index (χ0) is 9.42. The van der Waals surface area contributed by atoms with Crippen LogP contribution in [0.2, 0.25) is 0 Å². The number of aryl methyl sites for hydroxylation is 1. The van der Waals surface area contributed by atoms with Crippen molar-refractivity contribution < 1.29 is 0 Å². The Morgan fingerprint density at radius 1 is 1.50 bits per heavy atom. The van der Waals surface area contributed by atoms with Gasteiger partial charge in [-0.3, -0.25) is 0 Å². The van der Waals surface area contributed by atoms with Crippen molar-refractivity contribution in [3.8, 4) is 0 Å². The molecule has 3 nitrogen and oxygen atoms in total. The SMILES string of the molecule is Cc1nc([C@@H]2C[C@H](C)CN2)[nH]c1I.Cl. The van der Waals surface area contributed by atoms with Gasteiger partial charge in [-0.15, -0.1) is 12.4 Å². The van der Waals surface area contributed by atoms with Crippen molar-refractivity contribution in [2.24, 2.45) is 5.92 Å². The van der Waals surface area contributed by atoms with Crippen LogP contribution in [0.15, 0.2) is 0 Å². The number of aromatic nitrogens is 2. The fraction of sp³-hybridized carbons (Fsp3) is 0.667. The van der Waals surface area contributed by atoms with Crippen LogP contribution in [-0.4, -0.2) is 16.5 Å². The predicted octanol–water partition coefficient (Wildman–Crippen LogP) is 2.42. The van der Waals surface area contributed by atoms with E-state index in [-0.39, 0.29) is 12.4 Å². The average Bonchev–Trinajstić information content (AvgIpc) is 2.61. The van der Waals surface area contributed by atoms with Gasteiger partial charge in [-0.1, -0.05) is 6.92 Å². The third kappa shape index (κ3) is 2.41. The van der Waals surface area contributed by atoms with Gasteiger partial charge in [0.05, 0.1) is 11.7 Å². The van der Waals surface area contributed by atoms with E-state index in [0.717, 1.165) is 27.7 Å². The summed E-state index contributed by atoms with van der Waals surface area (Å²) in [6.45, 7) is 5.43. The number of imidazole rings is 1. The van der Waals surface area contributed by atoms with Crippen molar-refractivity contribution in [2.45, 2.75) is 26.3 Å². The van der Waals surface area contributed by atoms with E-state index < -0.39 is 0 Å². The van der Waals surface area contributed by atoms with Gasteiger partial charge in [-0.25, -0.2) is 4.98 Å². The van der Waals surface area contributed by atoms with Gasteiger partial charge < -0.3 is 10.3 Å². The van der Waals surface area contributed by atoms with Crippen LogP contribution in [0.25, 0.3) is 0 Å². The van der Waals surface area contributed by atoms with E-state index in [1.165, 1.54) is 6.42 Å². The Morgan fingerprint density at radius 2 is 2.21 bits per heavy atom. The van der Waals surface area contributed by atoms with Crippen molar-refractivity contribution in [3.63, 3.8) is 0 Å². The maximum Gasteiger partial charge on any atom is 0.124 e. The zero-order valence-electron chi connectivity index (χ0n) is 8.30. The van der Waals surface area contributed by atoms with Gasteiger partial charge in [-0.2, -0.15) is 0 Å². The lowest BCUT2D eigenvalue weighted by atomic mass is 10.1. The Kier molecular flexibility index (Phi) is 4.21. The number of rotatable bonds is 1. The number of halogens is 2. The van der Waals surface area contributed by atoms with Crippen LogP contribution in [0.4, 0.5) is 0 Å². The van der Waals surface area contributed by atoms with Crippen molar-refractivity contribution in [3.05, 3.63) is 15.2 Å². The van der Waals surface area contributed by atoms with Gasteiger partial charge in [0.2, 0.25) is 0 Å². The van der Waals surface area contributed by atoms with E-state index >= 15 is 0 Å². The molecule has 1 saturated heterocycles. The van der Waals surface area contributed by atoms with E-state index in [1.807, 2.05) is 6.92 Å². The molecule has 0 amide bonds. The monoisotopic (exact) mass is 327 g/mol. The molecular weight excluding hydrogens is 312 g/mol. The van der Waals surface area contributed by atoms with E-state index in [1.54, 1.807) is 0 Å². The Labute approximate surface area is 104 Å². The molecule has 0 aromatic carbocycles. The number of H-pyrrole nitrogens is 1. The Hall–Kier alpha value is 0.190. The fourth-order valence-electron chi connectivity index (χ4n) is 1.75. The third-order valence-corrected chi connectivity index (χ3v) is 3.57. The van der Waals surface area contributed by atoms with E-state index in [2.05, 4.69) is 44.8 Å². The minimum Gasteiger partial charge on any atom is -0.336 e. The first-order chi connectivity index (χ1) is 6.16. The summed E-state index contributed by atoms with van der Waals surface area (Å²) in [5.74, 6) is 1.87. The molecule has 1 aromatic heterocycles. The first-order valence-electron chi connectivity index (χ1n) is 4.62. The Morgan fingerprint density at radius 3 is 2.64 bits per heavy atom. The van der Waals surface area contributed by atoms with Crippen LogP contribution in [0, 0.1) is 16.5 Å². The normalized spacial score (nSPS) is 26.2.